The summed E-state index contributed by atoms with van der Waals surface area (Å²) in [6, 6.07) is 7.71. The fourth-order valence-electron chi connectivity index (χ4n) is 4.33. The summed E-state index contributed by atoms with van der Waals surface area (Å²) in [7, 11) is 3.16. The maximum Gasteiger partial charge on any atom is 0.248 e. The highest BCUT2D eigenvalue weighted by Crippen LogP contribution is 2.33. The van der Waals surface area contributed by atoms with Crippen LogP contribution in [0.15, 0.2) is 24.3 Å². The van der Waals surface area contributed by atoms with Gasteiger partial charge in [0.1, 0.15) is 24.0 Å². The molecule has 0 bridgehead atoms. The highest BCUT2D eigenvalue weighted by Gasteiger charge is 2.34. The lowest BCUT2D eigenvalue weighted by molar-refractivity contribution is -0.136. The first kappa shape index (κ1) is 21.2. The summed E-state index contributed by atoms with van der Waals surface area (Å²) in [5, 5.41) is 0. The van der Waals surface area contributed by atoms with Gasteiger partial charge in [-0.25, -0.2) is 9.97 Å². The van der Waals surface area contributed by atoms with Gasteiger partial charge in [0.05, 0.1) is 20.1 Å². The summed E-state index contributed by atoms with van der Waals surface area (Å²) in [6.45, 7) is 3.75. The first-order chi connectivity index (χ1) is 15.0. The standard InChI is InChI=1S/C23H28N4O4/c1-15-19-11-20(28)27(12-16-6-4-8-18(10-16)31-3)23(19)25-22(24-15)17-7-5-9-26(13-17)21(29)14-30-2/h4,6,8,10,17H,5,7,9,11-14H2,1-3H3. The number of benzene rings is 1. The highest BCUT2D eigenvalue weighted by molar-refractivity contribution is 6.00. The van der Waals surface area contributed by atoms with Gasteiger partial charge in [0, 0.05) is 37.4 Å². The summed E-state index contributed by atoms with van der Waals surface area (Å²) in [5.41, 5.74) is 2.70. The molecule has 2 aliphatic rings. The van der Waals surface area contributed by atoms with Crippen LogP contribution in [0.4, 0.5) is 5.82 Å². The van der Waals surface area contributed by atoms with Crippen LogP contribution in [0.3, 0.4) is 0 Å². The van der Waals surface area contributed by atoms with E-state index in [-0.39, 0.29) is 24.3 Å². The van der Waals surface area contributed by atoms with Crippen molar-refractivity contribution in [2.75, 3.05) is 38.8 Å². The Morgan fingerprint density at radius 3 is 2.87 bits per heavy atom. The second-order valence-electron chi connectivity index (χ2n) is 8.09. The summed E-state index contributed by atoms with van der Waals surface area (Å²) in [6.07, 6.45) is 2.12. The number of nitrogens with zero attached hydrogens (tertiary/aromatic N) is 4. The van der Waals surface area contributed by atoms with E-state index < -0.39 is 0 Å². The number of piperidine rings is 1. The molecule has 2 aromatic rings. The Morgan fingerprint density at radius 2 is 2.10 bits per heavy atom. The molecule has 8 nitrogen and oxygen atoms in total. The van der Waals surface area contributed by atoms with Gasteiger partial charge in [-0.05, 0) is 37.5 Å². The Bertz CT molecular complexity index is 994. The van der Waals surface area contributed by atoms with Crippen molar-refractivity contribution in [2.24, 2.45) is 0 Å². The first-order valence-corrected chi connectivity index (χ1v) is 10.6. The Labute approximate surface area is 182 Å². The molecule has 1 fully saturated rings. The second-order valence-corrected chi connectivity index (χ2v) is 8.09. The van der Waals surface area contributed by atoms with Crippen LogP contribution in [0.1, 0.15) is 41.4 Å². The van der Waals surface area contributed by atoms with Gasteiger partial charge in [0.2, 0.25) is 11.8 Å². The van der Waals surface area contributed by atoms with Gasteiger partial charge in [0.15, 0.2) is 0 Å². The van der Waals surface area contributed by atoms with Gasteiger partial charge in [-0.15, -0.1) is 0 Å². The quantitative estimate of drug-likeness (QED) is 0.707. The Balaban J connectivity index is 1.60. The van der Waals surface area contributed by atoms with Crippen LogP contribution in [-0.4, -0.2) is 60.6 Å². The molecule has 2 aliphatic heterocycles. The van der Waals surface area contributed by atoms with Gasteiger partial charge < -0.3 is 14.4 Å². The number of aryl methyl sites for hydroxylation is 1. The van der Waals surface area contributed by atoms with Crippen LogP contribution in [0.2, 0.25) is 0 Å². The first-order valence-electron chi connectivity index (χ1n) is 10.6. The number of aromatic nitrogens is 2. The smallest absolute Gasteiger partial charge is 0.248 e. The van der Waals surface area contributed by atoms with Crippen molar-refractivity contribution in [2.45, 2.75) is 38.6 Å². The molecule has 4 rings (SSSR count). The number of carbonyl (C=O) groups excluding carboxylic acids is 2. The number of ether oxygens (including phenoxy) is 2. The number of methoxy groups -OCH3 is 2. The fourth-order valence-corrected chi connectivity index (χ4v) is 4.33. The molecular formula is C23H28N4O4. The van der Waals surface area contributed by atoms with Crippen molar-refractivity contribution in [3.8, 4) is 5.75 Å². The summed E-state index contributed by atoms with van der Waals surface area (Å²) in [4.78, 5) is 38.2. The van der Waals surface area contributed by atoms with Crippen LogP contribution in [0, 0.1) is 6.92 Å². The van der Waals surface area contributed by atoms with E-state index in [1.54, 1.807) is 12.0 Å². The molecule has 0 radical (unpaired) electrons. The van der Waals surface area contributed by atoms with Crippen LogP contribution in [-0.2, 0) is 27.3 Å². The summed E-state index contributed by atoms with van der Waals surface area (Å²) in [5.74, 6) is 2.21. The van der Waals surface area contributed by atoms with Crippen LogP contribution in [0.5, 0.6) is 5.75 Å². The molecule has 0 spiro atoms. The molecular weight excluding hydrogens is 396 g/mol. The molecule has 3 heterocycles. The van der Waals surface area contributed by atoms with E-state index in [0.717, 1.165) is 42.0 Å². The second kappa shape index (κ2) is 9.01. The van der Waals surface area contributed by atoms with Gasteiger partial charge in [-0.1, -0.05) is 12.1 Å². The third kappa shape index (κ3) is 4.39. The van der Waals surface area contributed by atoms with Crippen LogP contribution < -0.4 is 9.64 Å². The SMILES string of the molecule is COCC(=O)N1CCCC(c2nc(C)c3c(n2)N(Cc2cccc(OC)c2)C(=O)C3)C1. The highest BCUT2D eigenvalue weighted by atomic mass is 16.5. The normalized spacial score (nSPS) is 18.3. The number of rotatable bonds is 6. The minimum Gasteiger partial charge on any atom is -0.497 e. The third-order valence-electron chi connectivity index (χ3n) is 5.98. The molecule has 2 amide bonds. The molecule has 0 saturated carbocycles. The van der Waals surface area contributed by atoms with E-state index in [1.807, 2.05) is 36.1 Å². The van der Waals surface area contributed by atoms with E-state index in [2.05, 4.69) is 0 Å². The predicted molar refractivity (Wildman–Crippen MR) is 115 cm³/mol. The minimum atomic E-state index is -0.0140. The van der Waals surface area contributed by atoms with Crippen molar-refractivity contribution in [1.82, 2.24) is 14.9 Å². The summed E-state index contributed by atoms with van der Waals surface area (Å²) < 4.78 is 10.3. The minimum absolute atomic E-state index is 0.0140. The molecule has 0 aliphatic carbocycles. The van der Waals surface area contributed by atoms with Gasteiger partial charge in [0.25, 0.3) is 0 Å². The van der Waals surface area contributed by atoms with E-state index >= 15 is 0 Å². The largest absolute Gasteiger partial charge is 0.497 e. The van der Waals surface area contributed by atoms with Crippen molar-refractivity contribution < 1.29 is 19.1 Å². The zero-order valence-electron chi connectivity index (χ0n) is 18.3. The zero-order valence-corrected chi connectivity index (χ0v) is 18.3. The van der Waals surface area contributed by atoms with E-state index in [1.165, 1.54) is 7.11 Å². The molecule has 1 atom stereocenters. The molecule has 8 heteroatoms. The lowest BCUT2D eigenvalue weighted by atomic mass is 9.96. The lowest BCUT2D eigenvalue weighted by Gasteiger charge is -2.32. The monoisotopic (exact) mass is 424 g/mol. The number of hydrogen-bond donors (Lipinski definition) is 0. The Morgan fingerprint density at radius 1 is 1.26 bits per heavy atom. The Kier molecular flexibility index (Phi) is 6.18. The van der Waals surface area contributed by atoms with Gasteiger partial charge in [-0.3, -0.25) is 14.5 Å². The topological polar surface area (TPSA) is 84.9 Å². The van der Waals surface area contributed by atoms with Crippen LogP contribution in [0.25, 0.3) is 0 Å². The fraction of sp³-hybridized carbons (Fsp3) is 0.478. The van der Waals surface area contributed by atoms with E-state index in [0.29, 0.717) is 31.2 Å². The molecule has 31 heavy (non-hydrogen) atoms. The molecule has 1 unspecified atom stereocenters. The molecule has 1 aromatic carbocycles. The molecule has 1 saturated heterocycles. The maximum atomic E-state index is 12.8. The van der Waals surface area contributed by atoms with Gasteiger partial charge in [-0.2, -0.15) is 0 Å². The number of likely N-dealkylation sites (tertiary alicyclic amines) is 1. The maximum absolute atomic E-state index is 12.8. The third-order valence-corrected chi connectivity index (χ3v) is 5.98. The van der Waals surface area contributed by atoms with Crippen LogP contribution >= 0.6 is 0 Å². The molecule has 164 valence electrons. The molecule has 0 N–H and O–H groups in total. The van der Waals surface area contributed by atoms with E-state index in [4.69, 9.17) is 19.4 Å². The molecule has 1 aromatic heterocycles. The van der Waals surface area contributed by atoms with Gasteiger partial charge >= 0.3 is 0 Å². The zero-order chi connectivity index (χ0) is 22.0. The van der Waals surface area contributed by atoms with Crippen molar-refractivity contribution >= 4 is 17.6 Å². The van der Waals surface area contributed by atoms with E-state index in [9.17, 15) is 9.59 Å². The average Bonchev–Trinajstić information content (AvgIpc) is 3.10. The number of carbonyl (C=O) groups is 2. The number of fused-ring (bicyclic) bond motifs is 1. The number of amides is 2. The average molecular weight is 425 g/mol. The summed E-state index contributed by atoms with van der Waals surface area (Å²) >= 11 is 0. The number of anilines is 1. The Hall–Kier alpha value is -3.00. The van der Waals surface area contributed by atoms with Crippen molar-refractivity contribution in [3.63, 3.8) is 0 Å². The predicted octanol–water partition coefficient (Wildman–Crippen LogP) is 2.24. The van der Waals surface area contributed by atoms with Crippen molar-refractivity contribution in [1.29, 1.82) is 0 Å². The van der Waals surface area contributed by atoms with Crippen molar-refractivity contribution in [3.05, 3.63) is 46.9 Å². The number of hydrogen-bond acceptors (Lipinski definition) is 6. The lowest BCUT2D eigenvalue weighted by Crippen LogP contribution is -2.41.